The number of ether oxygens (including phenoxy) is 2. The molecule has 1 aliphatic heterocycles. The molecule has 1 saturated carbocycles. The van der Waals surface area contributed by atoms with Crippen LogP contribution in [0, 0.1) is 0 Å². The summed E-state index contributed by atoms with van der Waals surface area (Å²) >= 11 is 6.43. The van der Waals surface area contributed by atoms with E-state index in [9.17, 15) is 4.79 Å². The molecule has 2 aliphatic rings. The Morgan fingerprint density at radius 1 is 1.17 bits per heavy atom. The van der Waals surface area contributed by atoms with E-state index in [1.165, 1.54) is 12.8 Å². The molecule has 8 heteroatoms. The van der Waals surface area contributed by atoms with Crippen molar-refractivity contribution >= 4 is 17.5 Å². The number of likely N-dealkylation sites (tertiary alicyclic amines) is 1. The van der Waals surface area contributed by atoms with Gasteiger partial charge in [0.25, 0.3) is 5.91 Å². The summed E-state index contributed by atoms with van der Waals surface area (Å²) in [5.74, 6) is 3.77. The number of amides is 1. The van der Waals surface area contributed by atoms with Crippen LogP contribution in [0.3, 0.4) is 0 Å². The molecule has 0 radical (unpaired) electrons. The quantitative estimate of drug-likeness (QED) is 0.662. The van der Waals surface area contributed by atoms with Crippen molar-refractivity contribution in [3.63, 3.8) is 0 Å². The Labute approximate surface area is 182 Å². The summed E-state index contributed by atoms with van der Waals surface area (Å²) in [7, 11) is 0. The molecule has 1 saturated heterocycles. The van der Waals surface area contributed by atoms with Crippen LogP contribution in [-0.2, 0) is 0 Å². The molecule has 1 aromatic heterocycles. The Balaban J connectivity index is 1.42. The molecular formula is C22H29ClN4O3. The number of aromatic nitrogens is 3. The lowest BCUT2D eigenvalue weighted by atomic mass is 9.95. The zero-order chi connectivity index (χ0) is 21.1. The maximum atomic E-state index is 13.1. The van der Waals surface area contributed by atoms with E-state index >= 15 is 0 Å². The van der Waals surface area contributed by atoms with Gasteiger partial charge in [0.15, 0.2) is 17.3 Å². The number of carbonyl (C=O) groups is 1. The molecule has 1 N–H and O–H groups in total. The number of carbonyl (C=O) groups excluding carboxylic acids is 1. The van der Waals surface area contributed by atoms with Crippen LogP contribution in [0.25, 0.3) is 0 Å². The van der Waals surface area contributed by atoms with Crippen LogP contribution in [0.5, 0.6) is 11.5 Å². The fourth-order valence-corrected chi connectivity index (χ4v) is 4.10. The number of hydrogen-bond donors (Lipinski definition) is 1. The van der Waals surface area contributed by atoms with E-state index in [1.807, 2.05) is 18.7 Å². The highest BCUT2D eigenvalue weighted by atomic mass is 35.5. The molecular weight excluding hydrogens is 404 g/mol. The Kier molecular flexibility index (Phi) is 6.46. The Morgan fingerprint density at radius 3 is 2.60 bits per heavy atom. The lowest BCUT2D eigenvalue weighted by molar-refractivity contribution is 0.0710. The van der Waals surface area contributed by atoms with Crippen molar-refractivity contribution in [1.82, 2.24) is 20.1 Å². The molecule has 2 aromatic rings. The molecule has 0 spiro atoms. The summed E-state index contributed by atoms with van der Waals surface area (Å²) in [5, 5.41) is 7.88. The number of nitrogens with one attached hydrogen (secondary N) is 1. The zero-order valence-electron chi connectivity index (χ0n) is 17.6. The van der Waals surface area contributed by atoms with Gasteiger partial charge in [-0.05, 0) is 51.2 Å². The molecule has 2 fully saturated rings. The molecule has 4 rings (SSSR count). The Bertz CT molecular complexity index is 889. The van der Waals surface area contributed by atoms with Crippen LogP contribution in [0.4, 0.5) is 0 Å². The van der Waals surface area contributed by atoms with E-state index < -0.39 is 0 Å². The van der Waals surface area contributed by atoms with Gasteiger partial charge in [-0.25, -0.2) is 4.98 Å². The molecule has 2 heterocycles. The van der Waals surface area contributed by atoms with Crippen LogP contribution in [0.1, 0.15) is 79.8 Å². The lowest BCUT2D eigenvalue weighted by Crippen LogP contribution is -2.38. The molecule has 0 atom stereocenters. The Hall–Kier alpha value is -2.28. The summed E-state index contributed by atoms with van der Waals surface area (Å²) in [5.41, 5.74) is 0.529. The van der Waals surface area contributed by atoms with Gasteiger partial charge in [0.05, 0.1) is 18.2 Å². The SMILES string of the molecule is CCCOc1c(Cl)cc(C(=O)N2CCC(c3nc(C4CC4)n[nH]3)CC2)cc1OCC. The van der Waals surface area contributed by atoms with Crippen molar-refractivity contribution in [2.24, 2.45) is 0 Å². The fraction of sp³-hybridized carbons (Fsp3) is 0.591. The second kappa shape index (κ2) is 9.25. The van der Waals surface area contributed by atoms with E-state index in [1.54, 1.807) is 12.1 Å². The summed E-state index contributed by atoms with van der Waals surface area (Å²) in [6.07, 6.45) is 4.99. The van der Waals surface area contributed by atoms with E-state index in [-0.39, 0.29) is 5.91 Å². The second-order valence-corrected chi connectivity index (χ2v) is 8.39. The van der Waals surface area contributed by atoms with Crippen LogP contribution < -0.4 is 9.47 Å². The summed E-state index contributed by atoms with van der Waals surface area (Å²) in [6.45, 7) is 6.31. The maximum absolute atomic E-state index is 13.1. The zero-order valence-corrected chi connectivity index (χ0v) is 18.4. The number of rotatable bonds is 8. The largest absolute Gasteiger partial charge is 0.490 e. The number of aromatic amines is 1. The first-order valence-electron chi connectivity index (χ1n) is 10.9. The summed E-state index contributed by atoms with van der Waals surface area (Å²) in [4.78, 5) is 19.7. The Morgan fingerprint density at radius 2 is 1.93 bits per heavy atom. The number of benzene rings is 1. The number of hydrogen-bond acceptors (Lipinski definition) is 5. The van der Waals surface area contributed by atoms with Crippen LogP contribution >= 0.6 is 11.6 Å². The van der Waals surface area contributed by atoms with Gasteiger partial charge in [0.2, 0.25) is 0 Å². The van der Waals surface area contributed by atoms with E-state index in [0.29, 0.717) is 60.2 Å². The first kappa shape index (κ1) is 21.0. The molecule has 30 heavy (non-hydrogen) atoms. The maximum Gasteiger partial charge on any atom is 0.254 e. The summed E-state index contributed by atoms with van der Waals surface area (Å²) in [6, 6.07) is 3.43. The minimum absolute atomic E-state index is 0.0328. The van der Waals surface area contributed by atoms with Gasteiger partial charge in [-0.3, -0.25) is 9.89 Å². The molecule has 1 amide bonds. The molecule has 162 valence electrons. The van der Waals surface area contributed by atoms with Crippen molar-refractivity contribution in [3.05, 3.63) is 34.4 Å². The molecule has 7 nitrogen and oxygen atoms in total. The second-order valence-electron chi connectivity index (χ2n) is 7.99. The smallest absolute Gasteiger partial charge is 0.254 e. The van der Waals surface area contributed by atoms with Crippen molar-refractivity contribution in [2.45, 2.75) is 57.8 Å². The van der Waals surface area contributed by atoms with Crippen LogP contribution in [0.2, 0.25) is 5.02 Å². The first-order chi connectivity index (χ1) is 14.6. The van der Waals surface area contributed by atoms with Gasteiger partial charge >= 0.3 is 0 Å². The molecule has 1 aromatic carbocycles. The van der Waals surface area contributed by atoms with Crippen LogP contribution in [0.15, 0.2) is 12.1 Å². The van der Waals surface area contributed by atoms with E-state index in [4.69, 9.17) is 21.1 Å². The monoisotopic (exact) mass is 432 g/mol. The third kappa shape index (κ3) is 4.56. The standard InChI is InChI=1S/C22H29ClN4O3/c1-3-11-30-19-17(23)12-16(13-18(19)29-4-2)22(28)27-9-7-15(8-10-27)21-24-20(25-26-21)14-5-6-14/h12-15H,3-11H2,1-2H3,(H,24,25,26). The van der Waals surface area contributed by atoms with Gasteiger partial charge in [0, 0.05) is 30.5 Å². The third-order valence-electron chi connectivity index (χ3n) is 5.64. The predicted molar refractivity (Wildman–Crippen MR) is 115 cm³/mol. The number of piperidine rings is 1. The fourth-order valence-electron chi connectivity index (χ4n) is 3.83. The molecule has 1 aliphatic carbocycles. The topological polar surface area (TPSA) is 80.3 Å². The van der Waals surface area contributed by atoms with Gasteiger partial charge in [-0.2, -0.15) is 5.10 Å². The average Bonchev–Trinajstić information content (AvgIpc) is 3.49. The van der Waals surface area contributed by atoms with Gasteiger partial charge in [-0.1, -0.05) is 18.5 Å². The average molecular weight is 433 g/mol. The van der Waals surface area contributed by atoms with Crippen molar-refractivity contribution in [3.8, 4) is 11.5 Å². The lowest BCUT2D eigenvalue weighted by Gasteiger charge is -2.31. The normalized spacial score (nSPS) is 17.2. The highest BCUT2D eigenvalue weighted by Crippen LogP contribution is 2.39. The summed E-state index contributed by atoms with van der Waals surface area (Å²) < 4.78 is 11.4. The minimum atomic E-state index is -0.0328. The first-order valence-corrected chi connectivity index (χ1v) is 11.3. The van der Waals surface area contributed by atoms with Crippen molar-refractivity contribution in [2.75, 3.05) is 26.3 Å². The van der Waals surface area contributed by atoms with Gasteiger partial charge in [-0.15, -0.1) is 0 Å². The minimum Gasteiger partial charge on any atom is -0.490 e. The van der Waals surface area contributed by atoms with Crippen molar-refractivity contribution < 1.29 is 14.3 Å². The van der Waals surface area contributed by atoms with Gasteiger partial charge in [0.1, 0.15) is 5.82 Å². The van der Waals surface area contributed by atoms with Gasteiger partial charge < -0.3 is 14.4 Å². The third-order valence-corrected chi connectivity index (χ3v) is 5.92. The highest BCUT2D eigenvalue weighted by molar-refractivity contribution is 6.32. The van der Waals surface area contributed by atoms with E-state index in [2.05, 4.69) is 15.2 Å². The van der Waals surface area contributed by atoms with E-state index in [0.717, 1.165) is 30.9 Å². The van der Waals surface area contributed by atoms with Crippen LogP contribution in [-0.4, -0.2) is 52.3 Å². The highest BCUT2D eigenvalue weighted by Gasteiger charge is 2.31. The number of nitrogens with zero attached hydrogens (tertiary/aromatic N) is 3. The predicted octanol–water partition coefficient (Wildman–Crippen LogP) is 4.54. The number of H-pyrrole nitrogens is 1. The molecule has 0 bridgehead atoms. The van der Waals surface area contributed by atoms with Crippen molar-refractivity contribution in [1.29, 1.82) is 0 Å². The molecule has 0 unspecified atom stereocenters. The number of halogens is 1.